The van der Waals surface area contributed by atoms with Crippen LogP contribution in [0, 0.1) is 18.7 Å². The molecule has 0 fully saturated rings. The Morgan fingerprint density at radius 2 is 1.84 bits per heavy atom. The number of aromatic nitrogens is 2. The Bertz CT molecular complexity index is 1280. The molecule has 1 aromatic heterocycles. The summed E-state index contributed by atoms with van der Waals surface area (Å²) in [5, 5.41) is 0. The van der Waals surface area contributed by atoms with E-state index in [1.165, 1.54) is 12.1 Å². The maximum absolute atomic E-state index is 13.6. The third-order valence-corrected chi connectivity index (χ3v) is 5.65. The highest BCUT2D eigenvalue weighted by atomic mass is 32.2. The Labute approximate surface area is 188 Å². The van der Waals surface area contributed by atoms with Crippen LogP contribution in [0.5, 0.6) is 0 Å². The third-order valence-electron chi connectivity index (χ3n) is 5.06. The number of hydrogen-bond acceptors (Lipinski definition) is 4. The fourth-order valence-electron chi connectivity index (χ4n) is 3.66. The lowest BCUT2D eigenvalue weighted by molar-refractivity contribution is 0.601. The zero-order valence-corrected chi connectivity index (χ0v) is 19.5. The molecule has 2 aromatic carbocycles. The van der Waals surface area contributed by atoms with Crippen LogP contribution in [0.4, 0.5) is 10.1 Å². The van der Waals surface area contributed by atoms with Crippen LogP contribution in [0.2, 0.25) is 0 Å². The van der Waals surface area contributed by atoms with Crippen LogP contribution >= 0.6 is 0 Å². The van der Waals surface area contributed by atoms with E-state index < -0.39 is 10.0 Å². The standard InChI is InChI=1S/C24H28FN3O3S/c1-16(2)14-21-17(3)26-23(20-10-5-6-11-22(20)27-32(4,30)31)28(24(21)29)13-12-18-8-7-9-19(25)15-18/h5-11,15-16,27H,12-14H2,1-4H3. The molecule has 0 radical (unpaired) electrons. The largest absolute Gasteiger partial charge is 0.292 e. The van der Waals surface area contributed by atoms with Crippen LogP contribution in [0.3, 0.4) is 0 Å². The van der Waals surface area contributed by atoms with E-state index in [-0.39, 0.29) is 23.8 Å². The Hall–Kier alpha value is -3.00. The number of nitrogens with zero attached hydrogens (tertiary/aromatic N) is 2. The molecule has 0 saturated heterocycles. The summed E-state index contributed by atoms with van der Waals surface area (Å²) in [5.41, 5.74) is 2.71. The molecule has 0 aliphatic rings. The predicted octanol–water partition coefficient (Wildman–Crippen LogP) is 4.17. The van der Waals surface area contributed by atoms with Gasteiger partial charge in [-0.2, -0.15) is 0 Å². The van der Waals surface area contributed by atoms with Gasteiger partial charge in [0.15, 0.2) is 0 Å². The normalized spacial score (nSPS) is 11.7. The average Bonchev–Trinajstić information content (AvgIpc) is 2.69. The number of para-hydroxylation sites is 1. The van der Waals surface area contributed by atoms with E-state index in [0.29, 0.717) is 41.2 Å². The number of halogens is 1. The van der Waals surface area contributed by atoms with Crippen LogP contribution in [0.25, 0.3) is 11.4 Å². The van der Waals surface area contributed by atoms with E-state index in [1.54, 1.807) is 41.8 Å². The molecule has 0 aliphatic carbocycles. The Morgan fingerprint density at radius 1 is 1.12 bits per heavy atom. The SMILES string of the molecule is Cc1nc(-c2ccccc2NS(C)(=O)=O)n(CCc2cccc(F)c2)c(=O)c1CC(C)C. The molecule has 3 aromatic rings. The van der Waals surface area contributed by atoms with Crippen molar-refractivity contribution in [1.82, 2.24) is 9.55 Å². The minimum atomic E-state index is -3.53. The summed E-state index contributed by atoms with van der Waals surface area (Å²) >= 11 is 0. The second-order valence-corrected chi connectivity index (χ2v) is 10.1. The van der Waals surface area contributed by atoms with E-state index in [2.05, 4.69) is 4.72 Å². The van der Waals surface area contributed by atoms with Gasteiger partial charge in [0, 0.05) is 23.4 Å². The summed E-state index contributed by atoms with van der Waals surface area (Å²) in [6.07, 6.45) is 2.09. The van der Waals surface area contributed by atoms with Crippen molar-refractivity contribution in [2.45, 2.75) is 40.2 Å². The molecule has 3 rings (SSSR count). The van der Waals surface area contributed by atoms with Crippen LogP contribution in [0.15, 0.2) is 53.3 Å². The molecule has 0 spiro atoms. The van der Waals surface area contributed by atoms with E-state index in [4.69, 9.17) is 4.98 Å². The second-order valence-electron chi connectivity index (χ2n) is 8.35. The van der Waals surface area contributed by atoms with E-state index in [1.807, 2.05) is 19.9 Å². The first kappa shape index (κ1) is 23.7. The van der Waals surface area contributed by atoms with Crippen molar-refractivity contribution in [2.75, 3.05) is 11.0 Å². The molecule has 0 saturated carbocycles. The quantitative estimate of drug-likeness (QED) is 0.551. The van der Waals surface area contributed by atoms with Gasteiger partial charge in [0.2, 0.25) is 10.0 Å². The lowest BCUT2D eigenvalue weighted by atomic mass is 10.0. The van der Waals surface area contributed by atoms with Crippen molar-refractivity contribution in [3.8, 4) is 11.4 Å². The van der Waals surface area contributed by atoms with Crippen molar-refractivity contribution in [3.63, 3.8) is 0 Å². The number of aryl methyl sites for hydroxylation is 2. The van der Waals surface area contributed by atoms with Crippen molar-refractivity contribution in [2.24, 2.45) is 5.92 Å². The fraction of sp³-hybridized carbons (Fsp3) is 0.333. The Morgan fingerprint density at radius 3 is 2.50 bits per heavy atom. The molecular weight excluding hydrogens is 429 g/mol. The first-order chi connectivity index (χ1) is 15.0. The topological polar surface area (TPSA) is 81.1 Å². The summed E-state index contributed by atoms with van der Waals surface area (Å²) in [6.45, 7) is 6.15. The van der Waals surface area contributed by atoms with Crippen molar-refractivity contribution < 1.29 is 12.8 Å². The molecule has 0 aliphatic heterocycles. The van der Waals surface area contributed by atoms with Gasteiger partial charge in [0.05, 0.1) is 11.9 Å². The maximum Gasteiger partial charge on any atom is 0.257 e. The van der Waals surface area contributed by atoms with Gasteiger partial charge in [-0.1, -0.05) is 38.1 Å². The lowest BCUT2D eigenvalue weighted by Crippen LogP contribution is -2.30. The van der Waals surface area contributed by atoms with Gasteiger partial charge in [0.1, 0.15) is 11.6 Å². The third kappa shape index (κ3) is 5.82. The number of sulfonamides is 1. The molecule has 1 N–H and O–H groups in total. The number of benzene rings is 2. The predicted molar refractivity (Wildman–Crippen MR) is 126 cm³/mol. The summed E-state index contributed by atoms with van der Waals surface area (Å²) in [5.74, 6) is 0.313. The lowest BCUT2D eigenvalue weighted by Gasteiger charge is -2.19. The van der Waals surface area contributed by atoms with Gasteiger partial charge >= 0.3 is 0 Å². The molecule has 0 bridgehead atoms. The van der Waals surface area contributed by atoms with Gasteiger partial charge in [-0.05, 0) is 55.5 Å². The summed E-state index contributed by atoms with van der Waals surface area (Å²) in [4.78, 5) is 18.2. The first-order valence-corrected chi connectivity index (χ1v) is 12.4. The molecule has 6 nitrogen and oxygen atoms in total. The summed E-state index contributed by atoms with van der Waals surface area (Å²) in [6, 6.07) is 13.1. The van der Waals surface area contributed by atoms with Gasteiger partial charge in [-0.3, -0.25) is 14.1 Å². The zero-order chi connectivity index (χ0) is 23.5. The Kier molecular flexibility index (Phi) is 7.13. The highest BCUT2D eigenvalue weighted by molar-refractivity contribution is 7.92. The molecule has 32 heavy (non-hydrogen) atoms. The van der Waals surface area contributed by atoms with Crippen LogP contribution in [-0.2, 0) is 29.4 Å². The number of rotatable bonds is 8. The van der Waals surface area contributed by atoms with Gasteiger partial charge in [-0.25, -0.2) is 17.8 Å². The zero-order valence-electron chi connectivity index (χ0n) is 18.7. The molecule has 170 valence electrons. The van der Waals surface area contributed by atoms with Crippen LogP contribution in [-0.4, -0.2) is 24.2 Å². The number of anilines is 1. The molecule has 1 heterocycles. The minimum absolute atomic E-state index is 0.160. The Balaban J connectivity index is 2.16. The molecule has 0 unspecified atom stereocenters. The minimum Gasteiger partial charge on any atom is -0.292 e. The van der Waals surface area contributed by atoms with Gasteiger partial charge in [0.25, 0.3) is 5.56 Å². The first-order valence-electron chi connectivity index (χ1n) is 10.5. The van der Waals surface area contributed by atoms with Crippen molar-refractivity contribution in [3.05, 3.63) is 81.5 Å². The average molecular weight is 458 g/mol. The van der Waals surface area contributed by atoms with E-state index in [9.17, 15) is 17.6 Å². The van der Waals surface area contributed by atoms with Crippen LogP contribution < -0.4 is 10.3 Å². The monoisotopic (exact) mass is 457 g/mol. The molecule has 0 atom stereocenters. The highest BCUT2D eigenvalue weighted by Crippen LogP contribution is 2.27. The number of hydrogen-bond donors (Lipinski definition) is 1. The van der Waals surface area contributed by atoms with Crippen molar-refractivity contribution in [1.29, 1.82) is 0 Å². The van der Waals surface area contributed by atoms with E-state index in [0.717, 1.165) is 11.8 Å². The molecule has 0 amide bonds. The van der Waals surface area contributed by atoms with Crippen LogP contribution in [0.1, 0.15) is 30.7 Å². The number of nitrogens with one attached hydrogen (secondary N) is 1. The molecule has 8 heteroatoms. The fourth-order valence-corrected chi connectivity index (χ4v) is 4.23. The summed E-state index contributed by atoms with van der Waals surface area (Å²) in [7, 11) is -3.53. The van der Waals surface area contributed by atoms with Crippen molar-refractivity contribution >= 4 is 15.7 Å². The molecular formula is C24H28FN3O3S. The second kappa shape index (κ2) is 9.65. The summed E-state index contributed by atoms with van der Waals surface area (Å²) < 4.78 is 41.5. The maximum atomic E-state index is 13.6. The van der Waals surface area contributed by atoms with Gasteiger partial charge < -0.3 is 0 Å². The van der Waals surface area contributed by atoms with Gasteiger partial charge in [-0.15, -0.1) is 0 Å². The van der Waals surface area contributed by atoms with E-state index >= 15 is 0 Å². The highest BCUT2D eigenvalue weighted by Gasteiger charge is 2.19. The smallest absolute Gasteiger partial charge is 0.257 e.